The molecule has 0 aliphatic rings. The van der Waals surface area contributed by atoms with Crippen LogP contribution in [0.15, 0.2) is 42.7 Å². The van der Waals surface area contributed by atoms with Gasteiger partial charge in [-0.15, -0.1) is 0 Å². The van der Waals surface area contributed by atoms with Gasteiger partial charge in [0, 0.05) is 18.1 Å². The molecule has 1 aromatic heterocycles. The summed E-state index contributed by atoms with van der Waals surface area (Å²) in [5, 5.41) is 3.03. The first-order valence-electron chi connectivity index (χ1n) is 6.31. The van der Waals surface area contributed by atoms with Crippen molar-refractivity contribution in [3.8, 4) is 0 Å². The minimum Gasteiger partial charge on any atom is -0.456 e. The Morgan fingerprint density at radius 1 is 1.15 bits per heavy atom. The second-order valence-electron chi connectivity index (χ2n) is 5.28. The fourth-order valence-electron chi connectivity index (χ4n) is 1.55. The largest absolute Gasteiger partial charge is 0.456 e. The van der Waals surface area contributed by atoms with Gasteiger partial charge in [-0.05, 0) is 45.0 Å². The average Bonchev–Trinajstić information content (AvgIpc) is 2.38. The molecule has 1 heterocycles. The molecule has 5 heteroatoms. The van der Waals surface area contributed by atoms with E-state index < -0.39 is 5.60 Å². The molecule has 104 valence electrons. The quantitative estimate of drug-likeness (QED) is 0.869. The molecule has 0 atom stereocenters. The van der Waals surface area contributed by atoms with Crippen LogP contribution in [-0.4, -0.2) is 21.5 Å². The molecule has 0 aliphatic carbocycles. The molecule has 0 saturated carbocycles. The van der Waals surface area contributed by atoms with Gasteiger partial charge in [-0.1, -0.05) is 6.07 Å². The van der Waals surface area contributed by atoms with Crippen LogP contribution in [0, 0.1) is 0 Å². The summed E-state index contributed by atoms with van der Waals surface area (Å²) in [6.07, 6.45) is 3.29. The fraction of sp³-hybridized carbons (Fsp3) is 0.267. The van der Waals surface area contributed by atoms with Crippen molar-refractivity contribution in [2.75, 3.05) is 5.32 Å². The Morgan fingerprint density at radius 2 is 1.85 bits per heavy atom. The minimum atomic E-state index is -0.511. The number of carbonyl (C=O) groups is 1. The van der Waals surface area contributed by atoms with Crippen molar-refractivity contribution in [2.24, 2.45) is 0 Å². The first kappa shape index (κ1) is 14.0. The Bertz CT molecular complexity index is 592. The van der Waals surface area contributed by atoms with Crippen LogP contribution in [0.1, 0.15) is 31.1 Å². The molecule has 0 radical (unpaired) electrons. The number of esters is 1. The lowest BCUT2D eigenvalue weighted by atomic mass is 10.1. The van der Waals surface area contributed by atoms with E-state index in [2.05, 4.69) is 15.3 Å². The molecule has 1 N–H and O–H groups in total. The SMILES string of the molecule is CC(C)(C)OC(=O)c1cccc(Nc2ncccn2)c1. The van der Waals surface area contributed by atoms with E-state index >= 15 is 0 Å². The molecule has 0 unspecified atom stereocenters. The molecule has 2 rings (SSSR count). The van der Waals surface area contributed by atoms with E-state index in [-0.39, 0.29) is 5.97 Å². The van der Waals surface area contributed by atoms with Crippen LogP contribution >= 0.6 is 0 Å². The standard InChI is InChI=1S/C15H17N3O2/c1-15(2,3)20-13(19)11-6-4-7-12(10-11)18-14-16-8-5-9-17-14/h4-10H,1-3H3,(H,16,17,18). The van der Waals surface area contributed by atoms with Gasteiger partial charge < -0.3 is 10.1 Å². The zero-order valence-electron chi connectivity index (χ0n) is 11.8. The molecule has 0 aliphatic heterocycles. The number of hydrogen-bond donors (Lipinski definition) is 1. The van der Waals surface area contributed by atoms with E-state index in [9.17, 15) is 4.79 Å². The smallest absolute Gasteiger partial charge is 0.338 e. The molecule has 0 fully saturated rings. The maximum Gasteiger partial charge on any atom is 0.338 e. The van der Waals surface area contributed by atoms with Crippen molar-refractivity contribution in [2.45, 2.75) is 26.4 Å². The summed E-state index contributed by atoms with van der Waals surface area (Å²) in [7, 11) is 0. The number of rotatable bonds is 3. The summed E-state index contributed by atoms with van der Waals surface area (Å²) in [5.41, 5.74) is 0.712. The lowest BCUT2D eigenvalue weighted by molar-refractivity contribution is 0.00696. The number of nitrogens with zero attached hydrogens (tertiary/aromatic N) is 2. The van der Waals surface area contributed by atoms with Gasteiger partial charge in [0.25, 0.3) is 0 Å². The van der Waals surface area contributed by atoms with E-state index in [1.54, 1.807) is 36.7 Å². The number of carbonyl (C=O) groups excluding carboxylic acids is 1. The topological polar surface area (TPSA) is 64.1 Å². The fourth-order valence-corrected chi connectivity index (χ4v) is 1.55. The Morgan fingerprint density at radius 3 is 2.50 bits per heavy atom. The maximum absolute atomic E-state index is 12.0. The van der Waals surface area contributed by atoms with E-state index in [4.69, 9.17) is 4.74 Å². The Balaban J connectivity index is 2.14. The molecule has 0 spiro atoms. The summed E-state index contributed by atoms with van der Waals surface area (Å²) >= 11 is 0. The Kier molecular flexibility index (Phi) is 3.98. The van der Waals surface area contributed by atoms with Crippen LogP contribution in [0.5, 0.6) is 0 Å². The zero-order valence-corrected chi connectivity index (χ0v) is 11.8. The predicted molar refractivity (Wildman–Crippen MR) is 76.9 cm³/mol. The molecule has 2 aromatic rings. The minimum absolute atomic E-state index is 0.352. The van der Waals surface area contributed by atoms with Gasteiger partial charge in [-0.2, -0.15) is 0 Å². The van der Waals surface area contributed by atoms with Crippen LogP contribution in [-0.2, 0) is 4.74 Å². The number of benzene rings is 1. The van der Waals surface area contributed by atoms with E-state index in [1.165, 1.54) is 0 Å². The number of anilines is 2. The third kappa shape index (κ3) is 4.05. The average molecular weight is 271 g/mol. The Hall–Kier alpha value is -2.43. The highest BCUT2D eigenvalue weighted by Crippen LogP contribution is 2.17. The highest BCUT2D eigenvalue weighted by Gasteiger charge is 2.17. The molecule has 0 amide bonds. The van der Waals surface area contributed by atoms with Crippen molar-refractivity contribution < 1.29 is 9.53 Å². The summed E-state index contributed by atoms with van der Waals surface area (Å²) in [6, 6.07) is 8.78. The summed E-state index contributed by atoms with van der Waals surface area (Å²) in [5.74, 6) is 0.129. The molecule has 0 saturated heterocycles. The second kappa shape index (κ2) is 5.69. The summed E-state index contributed by atoms with van der Waals surface area (Å²) in [4.78, 5) is 20.1. The zero-order chi connectivity index (χ0) is 14.6. The van der Waals surface area contributed by atoms with Crippen molar-refractivity contribution in [1.29, 1.82) is 0 Å². The van der Waals surface area contributed by atoms with Crippen LogP contribution < -0.4 is 5.32 Å². The lowest BCUT2D eigenvalue weighted by Crippen LogP contribution is -2.23. The molecular formula is C15H17N3O2. The number of ether oxygens (including phenoxy) is 1. The van der Waals surface area contributed by atoms with Crippen molar-refractivity contribution in [3.63, 3.8) is 0 Å². The van der Waals surface area contributed by atoms with Gasteiger partial charge in [-0.25, -0.2) is 14.8 Å². The predicted octanol–water partition coefficient (Wildman–Crippen LogP) is 3.18. The van der Waals surface area contributed by atoms with Crippen molar-refractivity contribution in [3.05, 3.63) is 48.3 Å². The van der Waals surface area contributed by atoms with Gasteiger partial charge in [0.15, 0.2) is 0 Å². The van der Waals surface area contributed by atoms with Crippen LogP contribution in [0.2, 0.25) is 0 Å². The summed E-state index contributed by atoms with van der Waals surface area (Å²) < 4.78 is 5.33. The second-order valence-corrected chi connectivity index (χ2v) is 5.28. The third-order valence-electron chi connectivity index (χ3n) is 2.32. The van der Waals surface area contributed by atoms with Crippen LogP contribution in [0.3, 0.4) is 0 Å². The van der Waals surface area contributed by atoms with Gasteiger partial charge in [0.1, 0.15) is 5.60 Å². The maximum atomic E-state index is 12.0. The first-order valence-corrected chi connectivity index (χ1v) is 6.31. The summed E-state index contributed by atoms with van der Waals surface area (Å²) in [6.45, 7) is 5.51. The number of nitrogens with one attached hydrogen (secondary N) is 1. The number of hydrogen-bond acceptors (Lipinski definition) is 5. The molecular weight excluding hydrogens is 254 g/mol. The monoisotopic (exact) mass is 271 g/mol. The van der Waals surface area contributed by atoms with E-state index in [0.29, 0.717) is 11.5 Å². The van der Waals surface area contributed by atoms with Crippen molar-refractivity contribution in [1.82, 2.24) is 9.97 Å². The molecule has 0 bridgehead atoms. The normalized spacial score (nSPS) is 10.9. The molecule has 5 nitrogen and oxygen atoms in total. The van der Waals surface area contributed by atoms with E-state index in [1.807, 2.05) is 26.8 Å². The molecule has 1 aromatic carbocycles. The van der Waals surface area contributed by atoms with Gasteiger partial charge in [0.05, 0.1) is 5.56 Å². The first-order chi connectivity index (χ1) is 9.44. The highest BCUT2D eigenvalue weighted by atomic mass is 16.6. The van der Waals surface area contributed by atoms with Crippen LogP contribution in [0.25, 0.3) is 0 Å². The van der Waals surface area contributed by atoms with Gasteiger partial charge >= 0.3 is 5.97 Å². The number of aromatic nitrogens is 2. The van der Waals surface area contributed by atoms with Crippen molar-refractivity contribution >= 4 is 17.6 Å². The third-order valence-corrected chi connectivity index (χ3v) is 2.32. The van der Waals surface area contributed by atoms with Gasteiger partial charge in [-0.3, -0.25) is 0 Å². The van der Waals surface area contributed by atoms with E-state index in [0.717, 1.165) is 5.69 Å². The molecule has 20 heavy (non-hydrogen) atoms. The van der Waals surface area contributed by atoms with Gasteiger partial charge in [0.2, 0.25) is 5.95 Å². The lowest BCUT2D eigenvalue weighted by Gasteiger charge is -2.19. The van der Waals surface area contributed by atoms with Crippen LogP contribution in [0.4, 0.5) is 11.6 Å². The Labute approximate surface area is 118 Å². The highest BCUT2D eigenvalue weighted by molar-refractivity contribution is 5.91.